The molecule has 23 heavy (non-hydrogen) atoms. The molecule has 0 saturated carbocycles. The molecule has 3 rings (SSSR count). The molecule has 0 spiro atoms. The SMILES string of the molecule is CCOc1ccccc1CN(C)C(=O)c1cccc2cn[nH]c12. The Labute approximate surface area is 134 Å². The smallest absolute Gasteiger partial charge is 0.256 e. The van der Waals surface area contributed by atoms with E-state index in [2.05, 4.69) is 10.2 Å². The van der Waals surface area contributed by atoms with Gasteiger partial charge in [-0.15, -0.1) is 0 Å². The van der Waals surface area contributed by atoms with Crippen LogP contribution < -0.4 is 4.74 Å². The summed E-state index contributed by atoms with van der Waals surface area (Å²) in [5.41, 5.74) is 2.38. The highest BCUT2D eigenvalue weighted by Gasteiger charge is 2.17. The molecule has 1 heterocycles. The van der Waals surface area contributed by atoms with Crippen LogP contribution in [0.5, 0.6) is 5.75 Å². The van der Waals surface area contributed by atoms with Gasteiger partial charge in [-0.3, -0.25) is 9.89 Å². The fourth-order valence-electron chi connectivity index (χ4n) is 2.61. The zero-order chi connectivity index (χ0) is 16.2. The van der Waals surface area contributed by atoms with Gasteiger partial charge in [0.05, 0.1) is 23.9 Å². The summed E-state index contributed by atoms with van der Waals surface area (Å²) in [5, 5.41) is 7.84. The van der Waals surface area contributed by atoms with E-state index in [1.807, 2.05) is 49.4 Å². The van der Waals surface area contributed by atoms with E-state index in [0.29, 0.717) is 18.7 Å². The first-order valence-corrected chi connectivity index (χ1v) is 7.59. The number of aromatic amines is 1. The summed E-state index contributed by atoms with van der Waals surface area (Å²) in [5.74, 6) is 0.764. The Bertz CT molecular complexity index is 826. The number of para-hydroxylation sites is 2. The van der Waals surface area contributed by atoms with Crippen LogP contribution in [0.3, 0.4) is 0 Å². The maximum atomic E-state index is 12.8. The molecule has 0 aliphatic rings. The van der Waals surface area contributed by atoms with E-state index in [0.717, 1.165) is 22.2 Å². The van der Waals surface area contributed by atoms with E-state index in [1.165, 1.54) is 0 Å². The topological polar surface area (TPSA) is 58.2 Å². The van der Waals surface area contributed by atoms with Crippen LogP contribution in [0.25, 0.3) is 10.9 Å². The number of carbonyl (C=O) groups is 1. The number of amides is 1. The Morgan fingerprint density at radius 2 is 2.04 bits per heavy atom. The lowest BCUT2D eigenvalue weighted by atomic mass is 10.1. The van der Waals surface area contributed by atoms with E-state index in [4.69, 9.17) is 4.74 Å². The third-order valence-corrected chi connectivity index (χ3v) is 3.73. The molecule has 0 saturated heterocycles. The van der Waals surface area contributed by atoms with Crippen molar-refractivity contribution in [2.24, 2.45) is 0 Å². The first-order valence-electron chi connectivity index (χ1n) is 7.59. The fraction of sp³-hybridized carbons (Fsp3) is 0.222. The molecule has 1 aromatic heterocycles. The average Bonchev–Trinajstić information content (AvgIpc) is 3.04. The van der Waals surface area contributed by atoms with Gasteiger partial charge in [-0.2, -0.15) is 5.10 Å². The third-order valence-electron chi connectivity index (χ3n) is 3.73. The summed E-state index contributed by atoms with van der Waals surface area (Å²) in [6.07, 6.45) is 1.72. The molecule has 0 unspecified atom stereocenters. The molecule has 118 valence electrons. The monoisotopic (exact) mass is 309 g/mol. The second-order valence-electron chi connectivity index (χ2n) is 5.34. The average molecular weight is 309 g/mol. The van der Waals surface area contributed by atoms with Gasteiger partial charge in [0.25, 0.3) is 5.91 Å². The number of nitrogens with one attached hydrogen (secondary N) is 1. The lowest BCUT2D eigenvalue weighted by Gasteiger charge is -2.19. The van der Waals surface area contributed by atoms with Crippen LogP contribution >= 0.6 is 0 Å². The number of benzene rings is 2. The standard InChI is InChI=1S/C18H19N3O2/c1-3-23-16-10-5-4-7-14(16)12-21(2)18(22)15-9-6-8-13-11-19-20-17(13)15/h4-11H,3,12H2,1-2H3,(H,19,20). The van der Waals surface area contributed by atoms with Gasteiger partial charge in [0.15, 0.2) is 0 Å². The Hall–Kier alpha value is -2.82. The van der Waals surface area contributed by atoms with Crippen LogP contribution in [0.2, 0.25) is 0 Å². The third kappa shape index (κ3) is 3.04. The summed E-state index contributed by atoms with van der Waals surface area (Å²) in [6, 6.07) is 13.4. The Kier molecular flexibility index (Phi) is 4.28. The molecule has 5 heteroatoms. The molecule has 3 aromatic rings. The van der Waals surface area contributed by atoms with Gasteiger partial charge >= 0.3 is 0 Å². The minimum atomic E-state index is -0.0499. The second-order valence-corrected chi connectivity index (χ2v) is 5.34. The van der Waals surface area contributed by atoms with Crippen molar-refractivity contribution in [1.82, 2.24) is 15.1 Å². The summed E-state index contributed by atoms with van der Waals surface area (Å²) in [7, 11) is 1.79. The quantitative estimate of drug-likeness (QED) is 0.787. The van der Waals surface area contributed by atoms with E-state index in [-0.39, 0.29) is 5.91 Å². The van der Waals surface area contributed by atoms with Gasteiger partial charge in [-0.25, -0.2) is 0 Å². The van der Waals surface area contributed by atoms with Gasteiger partial charge < -0.3 is 9.64 Å². The van der Waals surface area contributed by atoms with Gasteiger partial charge in [0.2, 0.25) is 0 Å². The number of nitrogens with zero attached hydrogens (tertiary/aromatic N) is 2. The van der Waals surface area contributed by atoms with E-state index in [1.54, 1.807) is 18.1 Å². The molecule has 2 aromatic carbocycles. The first-order chi connectivity index (χ1) is 11.2. The lowest BCUT2D eigenvalue weighted by Crippen LogP contribution is -2.26. The van der Waals surface area contributed by atoms with E-state index in [9.17, 15) is 4.79 Å². The van der Waals surface area contributed by atoms with E-state index >= 15 is 0 Å². The van der Waals surface area contributed by atoms with Crippen molar-refractivity contribution in [1.29, 1.82) is 0 Å². The van der Waals surface area contributed by atoms with Crippen LogP contribution in [-0.4, -0.2) is 34.7 Å². The van der Waals surface area contributed by atoms with Gasteiger partial charge in [0.1, 0.15) is 5.75 Å². The van der Waals surface area contributed by atoms with Crippen molar-refractivity contribution in [3.05, 3.63) is 59.8 Å². The number of ether oxygens (including phenoxy) is 1. The minimum Gasteiger partial charge on any atom is -0.494 e. The predicted molar refractivity (Wildman–Crippen MR) is 89.5 cm³/mol. The van der Waals surface area contributed by atoms with Crippen LogP contribution in [0.15, 0.2) is 48.7 Å². The molecule has 0 atom stereocenters. The highest BCUT2D eigenvalue weighted by Crippen LogP contribution is 2.22. The lowest BCUT2D eigenvalue weighted by molar-refractivity contribution is 0.0785. The molecule has 0 aliphatic heterocycles. The molecule has 0 fully saturated rings. The first kappa shape index (κ1) is 15.1. The molecule has 0 aliphatic carbocycles. The number of hydrogen-bond donors (Lipinski definition) is 1. The number of hydrogen-bond acceptors (Lipinski definition) is 3. The number of carbonyl (C=O) groups excluding carboxylic acids is 1. The van der Waals surface area contributed by atoms with Crippen LogP contribution in [0, 0.1) is 0 Å². The molecule has 0 bridgehead atoms. The molecule has 1 amide bonds. The molecule has 5 nitrogen and oxygen atoms in total. The predicted octanol–water partition coefficient (Wildman–Crippen LogP) is 3.23. The highest BCUT2D eigenvalue weighted by atomic mass is 16.5. The molecular formula is C18H19N3O2. The van der Waals surface area contributed by atoms with Crippen molar-refractivity contribution < 1.29 is 9.53 Å². The molecular weight excluding hydrogens is 290 g/mol. The summed E-state index contributed by atoms with van der Waals surface area (Å²) >= 11 is 0. The zero-order valence-corrected chi connectivity index (χ0v) is 13.2. The minimum absolute atomic E-state index is 0.0499. The Morgan fingerprint density at radius 3 is 2.87 bits per heavy atom. The summed E-state index contributed by atoms with van der Waals surface area (Å²) in [4.78, 5) is 14.5. The second kappa shape index (κ2) is 6.52. The number of rotatable bonds is 5. The maximum absolute atomic E-state index is 12.8. The number of H-pyrrole nitrogens is 1. The van der Waals surface area contributed by atoms with Crippen LogP contribution in [-0.2, 0) is 6.54 Å². The number of aromatic nitrogens is 2. The molecule has 1 N–H and O–H groups in total. The van der Waals surface area contributed by atoms with Crippen molar-refractivity contribution >= 4 is 16.8 Å². The van der Waals surface area contributed by atoms with Crippen molar-refractivity contribution in [2.45, 2.75) is 13.5 Å². The Morgan fingerprint density at radius 1 is 1.22 bits per heavy atom. The zero-order valence-electron chi connectivity index (χ0n) is 13.2. The highest BCUT2D eigenvalue weighted by molar-refractivity contribution is 6.05. The number of fused-ring (bicyclic) bond motifs is 1. The van der Waals surface area contributed by atoms with Crippen LogP contribution in [0.1, 0.15) is 22.8 Å². The molecule has 0 radical (unpaired) electrons. The van der Waals surface area contributed by atoms with Crippen molar-refractivity contribution in [2.75, 3.05) is 13.7 Å². The maximum Gasteiger partial charge on any atom is 0.256 e. The van der Waals surface area contributed by atoms with Gasteiger partial charge in [-0.05, 0) is 19.1 Å². The van der Waals surface area contributed by atoms with Crippen molar-refractivity contribution in [3.63, 3.8) is 0 Å². The van der Waals surface area contributed by atoms with Gasteiger partial charge in [0, 0.05) is 24.5 Å². The van der Waals surface area contributed by atoms with Crippen molar-refractivity contribution in [3.8, 4) is 5.75 Å². The van der Waals surface area contributed by atoms with Crippen LogP contribution in [0.4, 0.5) is 0 Å². The van der Waals surface area contributed by atoms with Gasteiger partial charge in [-0.1, -0.05) is 30.3 Å². The summed E-state index contributed by atoms with van der Waals surface area (Å²) in [6.45, 7) is 3.03. The van der Waals surface area contributed by atoms with E-state index < -0.39 is 0 Å². The summed E-state index contributed by atoms with van der Waals surface area (Å²) < 4.78 is 5.63. The largest absolute Gasteiger partial charge is 0.494 e. The fourth-order valence-corrected chi connectivity index (χ4v) is 2.61. The normalized spacial score (nSPS) is 10.7. The Balaban J connectivity index is 1.85.